The van der Waals surface area contributed by atoms with Gasteiger partial charge in [-0.3, -0.25) is 14.1 Å². The van der Waals surface area contributed by atoms with E-state index in [-0.39, 0.29) is 10.2 Å². The molecule has 104 valence electrons. The monoisotopic (exact) mass is 328 g/mol. The number of fused-ring (bicyclic) bond motifs is 1. The standard InChI is InChI=1S/C11H9ClN4O2S2/c1-7-6-8(2-3-13-7)15-20(17,18)10-9(12)14-11-16(10)4-5-19-11/h2-6H,1H3,(H,13,15). The van der Waals surface area contributed by atoms with Crippen LogP contribution in [0.3, 0.4) is 0 Å². The zero-order valence-electron chi connectivity index (χ0n) is 10.2. The van der Waals surface area contributed by atoms with Crippen LogP contribution in [0.1, 0.15) is 5.69 Å². The van der Waals surface area contributed by atoms with Gasteiger partial charge in [-0.2, -0.15) is 8.42 Å². The number of nitrogens with zero attached hydrogens (tertiary/aromatic N) is 3. The van der Waals surface area contributed by atoms with E-state index >= 15 is 0 Å². The Morgan fingerprint density at radius 2 is 2.25 bits per heavy atom. The molecule has 3 rings (SSSR count). The molecule has 0 saturated carbocycles. The van der Waals surface area contributed by atoms with Crippen molar-refractivity contribution in [2.24, 2.45) is 0 Å². The van der Waals surface area contributed by atoms with Crippen molar-refractivity contribution in [3.63, 3.8) is 0 Å². The molecule has 0 aliphatic heterocycles. The van der Waals surface area contributed by atoms with Crippen molar-refractivity contribution in [2.75, 3.05) is 4.72 Å². The van der Waals surface area contributed by atoms with Gasteiger partial charge in [0.25, 0.3) is 10.0 Å². The predicted octanol–water partition coefficient (Wildman–Crippen LogP) is 2.55. The molecule has 3 heterocycles. The summed E-state index contributed by atoms with van der Waals surface area (Å²) in [6, 6.07) is 3.21. The lowest BCUT2D eigenvalue weighted by Crippen LogP contribution is -2.15. The molecule has 3 aromatic heterocycles. The number of aryl methyl sites for hydroxylation is 1. The quantitative estimate of drug-likeness (QED) is 0.801. The third-order valence-corrected chi connectivity index (χ3v) is 5.12. The van der Waals surface area contributed by atoms with Crippen LogP contribution in [-0.2, 0) is 10.0 Å². The average Bonchev–Trinajstić information content (AvgIpc) is 2.87. The number of anilines is 1. The summed E-state index contributed by atoms with van der Waals surface area (Å²) in [6.45, 7) is 1.78. The minimum Gasteiger partial charge on any atom is -0.278 e. The van der Waals surface area contributed by atoms with Crippen LogP contribution < -0.4 is 4.72 Å². The number of thiazole rings is 1. The molecule has 1 N–H and O–H groups in total. The van der Waals surface area contributed by atoms with Gasteiger partial charge in [0.05, 0.1) is 5.69 Å². The first-order chi connectivity index (χ1) is 9.47. The molecule has 0 amide bonds. The highest BCUT2D eigenvalue weighted by Crippen LogP contribution is 2.27. The first-order valence-corrected chi connectivity index (χ1v) is 8.28. The Morgan fingerprint density at radius 3 is 3.00 bits per heavy atom. The lowest BCUT2D eigenvalue weighted by molar-refractivity contribution is 0.596. The van der Waals surface area contributed by atoms with Gasteiger partial charge in [0.2, 0.25) is 0 Å². The predicted molar refractivity (Wildman–Crippen MR) is 77.9 cm³/mol. The van der Waals surface area contributed by atoms with Crippen LogP contribution in [0.4, 0.5) is 5.69 Å². The minimum atomic E-state index is -3.82. The first-order valence-electron chi connectivity index (χ1n) is 5.54. The van der Waals surface area contributed by atoms with Crippen LogP contribution in [0.15, 0.2) is 34.9 Å². The normalized spacial score (nSPS) is 11.9. The summed E-state index contributed by atoms with van der Waals surface area (Å²) in [5.74, 6) is 0. The lowest BCUT2D eigenvalue weighted by atomic mass is 10.3. The Kier molecular flexibility index (Phi) is 3.15. The van der Waals surface area contributed by atoms with E-state index in [9.17, 15) is 8.42 Å². The molecule has 0 saturated heterocycles. The molecule has 0 aromatic carbocycles. The third kappa shape index (κ3) is 2.26. The summed E-state index contributed by atoms with van der Waals surface area (Å²) < 4.78 is 28.8. The number of pyridine rings is 1. The van der Waals surface area contributed by atoms with E-state index in [0.717, 1.165) is 0 Å². The molecule has 20 heavy (non-hydrogen) atoms. The van der Waals surface area contributed by atoms with Crippen molar-refractivity contribution in [1.29, 1.82) is 0 Å². The van der Waals surface area contributed by atoms with Crippen molar-refractivity contribution >= 4 is 43.6 Å². The molecule has 0 radical (unpaired) electrons. The fraction of sp³-hybridized carbons (Fsp3) is 0.0909. The molecule has 6 nitrogen and oxygen atoms in total. The van der Waals surface area contributed by atoms with E-state index < -0.39 is 10.0 Å². The van der Waals surface area contributed by atoms with Crippen LogP contribution in [0, 0.1) is 6.92 Å². The van der Waals surface area contributed by atoms with E-state index in [1.54, 1.807) is 30.6 Å². The average molecular weight is 329 g/mol. The molecule has 0 spiro atoms. The maximum absolute atomic E-state index is 12.4. The van der Waals surface area contributed by atoms with Crippen LogP contribution in [-0.4, -0.2) is 22.8 Å². The second-order valence-corrected chi connectivity index (χ2v) is 6.88. The number of aromatic nitrogens is 3. The second kappa shape index (κ2) is 4.72. The number of imidazole rings is 1. The van der Waals surface area contributed by atoms with Crippen LogP contribution in [0.25, 0.3) is 4.96 Å². The molecule has 3 aromatic rings. The van der Waals surface area contributed by atoms with Crippen LogP contribution in [0.5, 0.6) is 0 Å². The highest BCUT2D eigenvalue weighted by Gasteiger charge is 2.25. The van der Waals surface area contributed by atoms with Gasteiger partial charge in [0, 0.05) is 23.5 Å². The Hall–Kier alpha value is -1.64. The molecular weight excluding hydrogens is 320 g/mol. The summed E-state index contributed by atoms with van der Waals surface area (Å²) in [6.07, 6.45) is 3.15. The molecule has 0 atom stereocenters. The van der Waals surface area contributed by atoms with Gasteiger partial charge in [-0.1, -0.05) is 11.6 Å². The Bertz CT molecular complexity index is 885. The topological polar surface area (TPSA) is 76.4 Å². The number of hydrogen-bond donors (Lipinski definition) is 1. The third-order valence-electron chi connectivity index (χ3n) is 2.58. The molecular formula is C11H9ClN4O2S2. The van der Waals surface area contributed by atoms with Crippen molar-refractivity contribution in [2.45, 2.75) is 11.9 Å². The van der Waals surface area contributed by atoms with Gasteiger partial charge < -0.3 is 0 Å². The van der Waals surface area contributed by atoms with E-state index in [4.69, 9.17) is 11.6 Å². The van der Waals surface area contributed by atoms with Gasteiger partial charge in [-0.25, -0.2) is 4.98 Å². The van der Waals surface area contributed by atoms with Crippen molar-refractivity contribution in [3.05, 3.63) is 40.8 Å². The van der Waals surface area contributed by atoms with Crippen molar-refractivity contribution in [3.8, 4) is 0 Å². The summed E-state index contributed by atoms with van der Waals surface area (Å²) >= 11 is 7.25. The van der Waals surface area contributed by atoms with Gasteiger partial charge in [-0.05, 0) is 19.1 Å². The maximum atomic E-state index is 12.4. The van der Waals surface area contributed by atoms with Crippen molar-refractivity contribution < 1.29 is 8.42 Å². The molecule has 0 bridgehead atoms. The Balaban J connectivity index is 2.08. The Labute approximate surface area is 124 Å². The first kappa shape index (κ1) is 13.3. The lowest BCUT2D eigenvalue weighted by Gasteiger charge is -2.07. The van der Waals surface area contributed by atoms with E-state index in [0.29, 0.717) is 16.3 Å². The number of rotatable bonds is 3. The summed E-state index contributed by atoms with van der Waals surface area (Å²) in [5, 5.41) is 1.63. The number of sulfonamides is 1. The summed E-state index contributed by atoms with van der Waals surface area (Å²) in [4.78, 5) is 8.56. The molecule has 9 heteroatoms. The second-order valence-electron chi connectivity index (χ2n) is 4.05. The molecule has 0 fully saturated rings. The smallest absolute Gasteiger partial charge is 0.278 e. The van der Waals surface area contributed by atoms with E-state index in [1.165, 1.54) is 21.9 Å². The highest BCUT2D eigenvalue weighted by molar-refractivity contribution is 7.92. The van der Waals surface area contributed by atoms with Gasteiger partial charge in [-0.15, -0.1) is 11.3 Å². The molecule has 0 unspecified atom stereocenters. The summed E-state index contributed by atoms with van der Waals surface area (Å²) in [5.41, 5.74) is 1.14. The minimum absolute atomic E-state index is 0.0462. The number of nitrogens with one attached hydrogen (secondary N) is 1. The fourth-order valence-corrected chi connectivity index (χ4v) is 4.30. The van der Waals surface area contributed by atoms with Gasteiger partial charge in [0.1, 0.15) is 0 Å². The Morgan fingerprint density at radius 1 is 1.45 bits per heavy atom. The van der Waals surface area contributed by atoms with Crippen molar-refractivity contribution in [1.82, 2.24) is 14.4 Å². The number of halogens is 1. The zero-order chi connectivity index (χ0) is 14.3. The van der Waals surface area contributed by atoms with Crippen LogP contribution in [0.2, 0.25) is 5.15 Å². The molecule has 0 aliphatic carbocycles. The van der Waals surface area contributed by atoms with E-state index in [2.05, 4.69) is 14.7 Å². The van der Waals surface area contributed by atoms with Gasteiger partial charge >= 0.3 is 0 Å². The maximum Gasteiger partial charge on any atom is 0.281 e. The van der Waals surface area contributed by atoms with Gasteiger partial charge in [0.15, 0.2) is 15.1 Å². The largest absolute Gasteiger partial charge is 0.281 e. The fourth-order valence-electron chi connectivity index (χ4n) is 1.79. The zero-order valence-corrected chi connectivity index (χ0v) is 12.6. The highest BCUT2D eigenvalue weighted by atomic mass is 35.5. The number of hydrogen-bond acceptors (Lipinski definition) is 5. The molecule has 0 aliphatic rings. The van der Waals surface area contributed by atoms with Crippen LogP contribution >= 0.6 is 22.9 Å². The summed E-state index contributed by atoms with van der Waals surface area (Å²) in [7, 11) is -3.82. The van der Waals surface area contributed by atoms with E-state index in [1.807, 2.05) is 0 Å². The SMILES string of the molecule is Cc1cc(NS(=O)(=O)c2c(Cl)nc3sccn23)ccn1.